The van der Waals surface area contributed by atoms with Gasteiger partial charge in [0.15, 0.2) is 6.61 Å². The van der Waals surface area contributed by atoms with E-state index >= 15 is 0 Å². The molecule has 3 rings (SSSR count). The SMILES string of the molecule is O=C(COc1ccc2ccc(=O)oc2c1)NCC1CCCNC1. The molecule has 0 bridgehead atoms. The van der Waals surface area contributed by atoms with Gasteiger partial charge in [-0.3, -0.25) is 4.79 Å². The van der Waals surface area contributed by atoms with Gasteiger partial charge in [0, 0.05) is 24.1 Å². The van der Waals surface area contributed by atoms with Crippen molar-refractivity contribution in [2.24, 2.45) is 5.92 Å². The second-order valence-corrected chi connectivity index (χ2v) is 5.76. The lowest BCUT2D eigenvalue weighted by molar-refractivity contribution is -0.123. The fourth-order valence-corrected chi connectivity index (χ4v) is 2.69. The van der Waals surface area contributed by atoms with Gasteiger partial charge in [-0.2, -0.15) is 0 Å². The van der Waals surface area contributed by atoms with Crippen LogP contribution in [0.4, 0.5) is 0 Å². The van der Waals surface area contributed by atoms with E-state index in [2.05, 4.69) is 10.6 Å². The Kier molecular flexibility index (Phi) is 4.92. The summed E-state index contributed by atoms with van der Waals surface area (Å²) in [5, 5.41) is 7.02. The van der Waals surface area contributed by atoms with Crippen LogP contribution >= 0.6 is 0 Å². The zero-order valence-corrected chi connectivity index (χ0v) is 12.8. The van der Waals surface area contributed by atoms with Crippen LogP contribution in [0.25, 0.3) is 11.0 Å². The highest BCUT2D eigenvalue weighted by Gasteiger charge is 2.14. The van der Waals surface area contributed by atoms with Gasteiger partial charge in [0.05, 0.1) is 0 Å². The molecule has 23 heavy (non-hydrogen) atoms. The molecule has 6 heteroatoms. The van der Waals surface area contributed by atoms with Crippen molar-refractivity contribution in [3.63, 3.8) is 0 Å². The summed E-state index contributed by atoms with van der Waals surface area (Å²) in [5.74, 6) is 0.842. The number of fused-ring (bicyclic) bond motifs is 1. The molecule has 1 aliphatic heterocycles. The molecule has 0 radical (unpaired) electrons. The molecule has 1 unspecified atom stereocenters. The molecule has 0 spiro atoms. The molecular weight excluding hydrogens is 296 g/mol. The van der Waals surface area contributed by atoms with Crippen molar-refractivity contribution in [2.75, 3.05) is 26.2 Å². The first kappa shape index (κ1) is 15.6. The van der Waals surface area contributed by atoms with E-state index in [1.54, 1.807) is 24.3 Å². The summed E-state index contributed by atoms with van der Waals surface area (Å²) in [6.45, 7) is 2.63. The zero-order chi connectivity index (χ0) is 16.1. The van der Waals surface area contributed by atoms with Gasteiger partial charge in [-0.15, -0.1) is 0 Å². The maximum atomic E-state index is 11.8. The first-order valence-corrected chi connectivity index (χ1v) is 7.85. The van der Waals surface area contributed by atoms with E-state index in [0.29, 0.717) is 23.8 Å². The summed E-state index contributed by atoms with van der Waals surface area (Å²) >= 11 is 0. The van der Waals surface area contributed by atoms with Crippen LogP contribution in [0.1, 0.15) is 12.8 Å². The summed E-state index contributed by atoms with van der Waals surface area (Å²) in [6, 6.07) is 8.22. The van der Waals surface area contributed by atoms with Crippen LogP contribution in [-0.2, 0) is 4.79 Å². The number of piperidine rings is 1. The minimum atomic E-state index is -0.409. The molecule has 1 atom stereocenters. The molecule has 1 amide bonds. The molecule has 2 N–H and O–H groups in total. The van der Waals surface area contributed by atoms with Crippen LogP contribution in [0.3, 0.4) is 0 Å². The second-order valence-electron chi connectivity index (χ2n) is 5.76. The molecular formula is C17H20N2O4. The minimum absolute atomic E-state index is 0.0529. The Morgan fingerprint density at radius 2 is 2.22 bits per heavy atom. The third-order valence-electron chi connectivity index (χ3n) is 3.95. The number of amides is 1. The van der Waals surface area contributed by atoms with Crippen molar-refractivity contribution < 1.29 is 13.9 Å². The van der Waals surface area contributed by atoms with Crippen LogP contribution in [0.2, 0.25) is 0 Å². The molecule has 6 nitrogen and oxygen atoms in total. The van der Waals surface area contributed by atoms with Crippen LogP contribution in [0, 0.1) is 5.92 Å². The topological polar surface area (TPSA) is 80.6 Å². The lowest BCUT2D eigenvalue weighted by Crippen LogP contribution is -2.39. The van der Waals surface area contributed by atoms with Gasteiger partial charge < -0.3 is 19.8 Å². The second kappa shape index (κ2) is 7.28. The molecule has 2 aromatic rings. The number of carbonyl (C=O) groups excluding carboxylic acids is 1. The monoisotopic (exact) mass is 316 g/mol. The lowest BCUT2D eigenvalue weighted by atomic mass is 10.00. The predicted molar refractivity (Wildman–Crippen MR) is 86.6 cm³/mol. The molecule has 0 aliphatic carbocycles. The molecule has 1 aliphatic rings. The van der Waals surface area contributed by atoms with Crippen molar-refractivity contribution >= 4 is 16.9 Å². The summed E-state index contributed by atoms with van der Waals surface area (Å²) in [7, 11) is 0. The average Bonchev–Trinajstić information content (AvgIpc) is 2.58. The van der Waals surface area contributed by atoms with Crippen molar-refractivity contribution in [2.45, 2.75) is 12.8 Å². The molecule has 1 saturated heterocycles. The van der Waals surface area contributed by atoms with E-state index in [9.17, 15) is 9.59 Å². The summed E-state index contributed by atoms with van der Waals surface area (Å²) < 4.78 is 10.6. The van der Waals surface area contributed by atoms with Crippen molar-refractivity contribution in [3.05, 3.63) is 40.8 Å². The number of hydrogen-bond acceptors (Lipinski definition) is 5. The van der Waals surface area contributed by atoms with E-state index in [-0.39, 0.29) is 12.5 Å². The van der Waals surface area contributed by atoms with Crippen LogP contribution < -0.4 is 21.0 Å². The van der Waals surface area contributed by atoms with E-state index in [1.165, 1.54) is 6.07 Å². The Morgan fingerprint density at radius 1 is 1.35 bits per heavy atom. The minimum Gasteiger partial charge on any atom is -0.484 e. The Bertz CT molecular complexity index is 735. The van der Waals surface area contributed by atoms with Gasteiger partial charge in [0.1, 0.15) is 11.3 Å². The quantitative estimate of drug-likeness (QED) is 0.813. The summed E-state index contributed by atoms with van der Waals surface area (Å²) in [5.41, 5.74) is 0.0390. The first-order chi connectivity index (χ1) is 11.2. The van der Waals surface area contributed by atoms with Crippen molar-refractivity contribution in [1.82, 2.24) is 10.6 Å². The van der Waals surface area contributed by atoms with Crippen LogP contribution in [0.5, 0.6) is 5.75 Å². The highest BCUT2D eigenvalue weighted by molar-refractivity contribution is 5.79. The first-order valence-electron chi connectivity index (χ1n) is 7.85. The third-order valence-corrected chi connectivity index (χ3v) is 3.95. The molecule has 1 aromatic carbocycles. The standard InChI is InChI=1S/C17H20N2O4/c20-16(19-10-12-2-1-7-18-9-12)11-22-14-5-3-13-4-6-17(21)23-15(13)8-14/h3-6,8,12,18H,1-2,7,9-11H2,(H,19,20). The predicted octanol–water partition coefficient (Wildman–Crippen LogP) is 1.29. The number of nitrogens with one attached hydrogen (secondary N) is 2. The summed E-state index contributed by atoms with van der Waals surface area (Å²) in [4.78, 5) is 23.1. The van der Waals surface area contributed by atoms with Gasteiger partial charge in [-0.1, -0.05) is 0 Å². The number of ether oxygens (including phenoxy) is 1. The molecule has 122 valence electrons. The van der Waals surface area contributed by atoms with Gasteiger partial charge in [0.25, 0.3) is 5.91 Å². The van der Waals surface area contributed by atoms with Crippen molar-refractivity contribution in [1.29, 1.82) is 0 Å². The highest BCUT2D eigenvalue weighted by Crippen LogP contribution is 2.19. The van der Waals surface area contributed by atoms with Crippen molar-refractivity contribution in [3.8, 4) is 5.75 Å². The maximum Gasteiger partial charge on any atom is 0.336 e. The van der Waals surface area contributed by atoms with Crippen LogP contribution in [-0.4, -0.2) is 32.1 Å². The molecule has 1 fully saturated rings. The molecule has 2 heterocycles. The maximum absolute atomic E-state index is 11.8. The van der Waals surface area contributed by atoms with E-state index < -0.39 is 5.63 Å². The number of rotatable bonds is 5. The number of hydrogen-bond donors (Lipinski definition) is 2. The fraction of sp³-hybridized carbons (Fsp3) is 0.412. The zero-order valence-electron chi connectivity index (χ0n) is 12.8. The van der Waals surface area contributed by atoms with Gasteiger partial charge in [-0.05, 0) is 50.0 Å². The Labute approximate surface area is 133 Å². The normalized spacial score (nSPS) is 17.8. The third kappa shape index (κ3) is 4.32. The smallest absolute Gasteiger partial charge is 0.336 e. The van der Waals surface area contributed by atoms with E-state index in [0.717, 1.165) is 31.3 Å². The van der Waals surface area contributed by atoms with Gasteiger partial charge in [0.2, 0.25) is 0 Å². The Hall–Kier alpha value is -2.34. The fourth-order valence-electron chi connectivity index (χ4n) is 2.69. The largest absolute Gasteiger partial charge is 0.484 e. The highest BCUT2D eigenvalue weighted by atomic mass is 16.5. The van der Waals surface area contributed by atoms with Gasteiger partial charge >= 0.3 is 5.63 Å². The van der Waals surface area contributed by atoms with Crippen LogP contribution in [0.15, 0.2) is 39.5 Å². The molecule has 0 saturated carbocycles. The Balaban J connectivity index is 1.51. The summed E-state index contributed by atoms with van der Waals surface area (Å²) in [6.07, 6.45) is 2.29. The van der Waals surface area contributed by atoms with Gasteiger partial charge in [-0.25, -0.2) is 4.79 Å². The Morgan fingerprint density at radius 3 is 3.04 bits per heavy atom. The van der Waals surface area contributed by atoms with E-state index in [1.807, 2.05) is 0 Å². The van der Waals surface area contributed by atoms with E-state index in [4.69, 9.17) is 9.15 Å². The molecule has 1 aromatic heterocycles. The average molecular weight is 316 g/mol. The number of benzene rings is 1. The number of carbonyl (C=O) groups is 1. The lowest BCUT2D eigenvalue weighted by Gasteiger charge is -2.22.